The summed E-state index contributed by atoms with van der Waals surface area (Å²) in [5, 5.41) is 0. The Bertz CT molecular complexity index is 387. The molecule has 1 saturated carbocycles. The fourth-order valence-electron chi connectivity index (χ4n) is 2.55. The summed E-state index contributed by atoms with van der Waals surface area (Å²) in [4.78, 5) is 36.5. The molecule has 1 heterocycles. The number of likely N-dealkylation sites (tertiary alicyclic amines) is 1. The predicted molar refractivity (Wildman–Crippen MR) is 67.8 cm³/mol. The average molecular weight is 267 g/mol. The molecule has 0 N–H and O–H groups in total. The first-order valence-electron chi connectivity index (χ1n) is 7.11. The molecule has 19 heavy (non-hydrogen) atoms. The quantitative estimate of drug-likeness (QED) is 0.576. The molecule has 2 fully saturated rings. The van der Waals surface area contributed by atoms with E-state index < -0.39 is 6.23 Å². The van der Waals surface area contributed by atoms with Gasteiger partial charge in [-0.2, -0.15) is 0 Å². The number of β-lactam (4-membered cyclic amide) rings is 1. The number of hydrogen-bond acceptors (Lipinski definition) is 4. The lowest BCUT2D eigenvalue weighted by atomic mass is 10.0. The van der Waals surface area contributed by atoms with Crippen LogP contribution in [0.1, 0.15) is 52.4 Å². The highest BCUT2D eigenvalue weighted by molar-refractivity contribution is 6.01. The lowest BCUT2D eigenvalue weighted by Gasteiger charge is -2.39. The third-order valence-corrected chi connectivity index (χ3v) is 4.12. The van der Waals surface area contributed by atoms with Crippen molar-refractivity contribution < 1.29 is 19.1 Å². The highest BCUT2D eigenvalue weighted by Crippen LogP contribution is 2.29. The minimum absolute atomic E-state index is 0.0451. The van der Waals surface area contributed by atoms with Crippen molar-refractivity contribution in [3.05, 3.63) is 0 Å². The first kappa shape index (κ1) is 14.0. The lowest BCUT2D eigenvalue weighted by Crippen LogP contribution is -2.59. The van der Waals surface area contributed by atoms with E-state index in [1.165, 1.54) is 0 Å². The van der Waals surface area contributed by atoms with Gasteiger partial charge in [0.1, 0.15) is 0 Å². The maximum Gasteiger partial charge on any atom is 0.310 e. The molecule has 2 unspecified atom stereocenters. The number of hydrogen-bond donors (Lipinski definition) is 0. The molecule has 2 rings (SSSR count). The second-order valence-corrected chi connectivity index (χ2v) is 5.49. The number of nitrogens with zero attached hydrogens (tertiary/aromatic N) is 1. The summed E-state index contributed by atoms with van der Waals surface area (Å²) in [6.07, 6.45) is 3.98. The molecule has 2 aliphatic rings. The summed E-state index contributed by atoms with van der Waals surface area (Å²) in [6.45, 7) is 3.68. The number of esters is 1. The Kier molecular flexibility index (Phi) is 4.22. The molecule has 0 aromatic carbocycles. The van der Waals surface area contributed by atoms with Crippen molar-refractivity contribution in [2.24, 2.45) is 11.8 Å². The van der Waals surface area contributed by atoms with E-state index in [0.29, 0.717) is 6.42 Å². The van der Waals surface area contributed by atoms with Gasteiger partial charge in [0, 0.05) is 5.92 Å². The molecular weight excluding hydrogens is 246 g/mol. The Morgan fingerprint density at radius 1 is 1.37 bits per heavy atom. The van der Waals surface area contributed by atoms with E-state index >= 15 is 0 Å². The highest BCUT2D eigenvalue weighted by Gasteiger charge is 2.45. The number of carbonyl (C=O) groups is 3. The van der Waals surface area contributed by atoms with E-state index in [1.807, 2.05) is 6.92 Å². The van der Waals surface area contributed by atoms with Crippen LogP contribution in [-0.4, -0.2) is 28.9 Å². The average Bonchev–Trinajstić information content (AvgIpc) is 2.90. The number of rotatable bonds is 4. The van der Waals surface area contributed by atoms with Gasteiger partial charge < -0.3 is 4.74 Å². The van der Waals surface area contributed by atoms with Crippen LogP contribution in [0.4, 0.5) is 0 Å². The molecule has 0 aromatic heterocycles. The largest absolute Gasteiger partial charge is 0.440 e. The molecule has 1 aliphatic heterocycles. The summed E-state index contributed by atoms with van der Waals surface area (Å²) < 4.78 is 5.31. The topological polar surface area (TPSA) is 63.7 Å². The van der Waals surface area contributed by atoms with Crippen molar-refractivity contribution in [2.75, 3.05) is 0 Å². The molecule has 5 heteroatoms. The van der Waals surface area contributed by atoms with Gasteiger partial charge in [0.05, 0.1) is 12.3 Å². The van der Waals surface area contributed by atoms with E-state index in [-0.39, 0.29) is 36.0 Å². The molecule has 2 atom stereocenters. The summed E-state index contributed by atoms with van der Waals surface area (Å²) in [6, 6.07) is 0. The fourth-order valence-corrected chi connectivity index (χ4v) is 2.55. The second kappa shape index (κ2) is 5.72. The van der Waals surface area contributed by atoms with Gasteiger partial charge in [-0.1, -0.05) is 26.7 Å². The van der Waals surface area contributed by atoms with Crippen LogP contribution in [0.15, 0.2) is 0 Å². The van der Waals surface area contributed by atoms with Crippen LogP contribution >= 0.6 is 0 Å². The molecule has 106 valence electrons. The molecule has 0 radical (unpaired) electrons. The molecule has 5 nitrogen and oxygen atoms in total. The Morgan fingerprint density at radius 3 is 2.53 bits per heavy atom. The van der Waals surface area contributed by atoms with Crippen LogP contribution in [0.3, 0.4) is 0 Å². The molecular formula is C14H21NO4. The lowest BCUT2D eigenvalue weighted by molar-refractivity contribution is -0.191. The summed E-state index contributed by atoms with van der Waals surface area (Å²) in [5.41, 5.74) is 0. The minimum Gasteiger partial charge on any atom is -0.440 e. The van der Waals surface area contributed by atoms with E-state index in [4.69, 9.17) is 4.74 Å². The Labute approximate surface area is 113 Å². The van der Waals surface area contributed by atoms with Crippen molar-refractivity contribution in [2.45, 2.75) is 58.6 Å². The number of ether oxygens (including phenoxy) is 1. The van der Waals surface area contributed by atoms with Gasteiger partial charge in [0.2, 0.25) is 11.8 Å². The van der Waals surface area contributed by atoms with Crippen molar-refractivity contribution in [3.8, 4) is 0 Å². The maximum atomic E-state index is 12.0. The van der Waals surface area contributed by atoms with Crippen LogP contribution < -0.4 is 0 Å². The van der Waals surface area contributed by atoms with Crippen molar-refractivity contribution >= 4 is 17.8 Å². The first-order valence-corrected chi connectivity index (χ1v) is 7.11. The molecule has 0 aromatic rings. The fraction of sp³-hybridized carbons (Fsp3) is 0.786. The number of imide groups is 1. The first-order chi connectivity index (χ1) is 9.04. The Morgan fingerprint density at radius 2 is 2.00 bits per heavy atom. The third kappa shape index (κ3) is 2.80. The minimum atomic E-state index is -0.665. The third-order valence-electron chi connectivity index (χ3n) is 4.12. The molecule has 2 amide bonds. The van der Waals surface area contributed by atoms with E-state index in [1.54, 1.807) is 6.92 Å². The summed E-state index contributed by atoms with van der Waals surface area (Å²) >= 11 is 0. The smallest absolute Gasteiger partial charge is 0.310 e. The monoisotopic (exact) mass is 267 g/mol. The molecule has 1 aliphatic carbocycles. The normalized spacial score (nSPS) is 25.1. The predicted octanol–water partition coefficient (Wildman–Crippen LogP) is 1.85. The van der Waals surface area contributed by atoms with Gasteiger partial charge in [-0.15, -0.1) is 0 Å². The van der Waals surface area contributed by atoms with E-state index in [9.17, 15) is 14.4 Å². The molecule has 0 bridgehead atoms. The Balaban J connectivity index is 1.91. The van der Waals surface area contributed by atoms with Gasteiger partial charge >= 0.3 is 5.97 Å². The van der Waals surface area contributed by atoms with E-state index in [2.05, 4.69) is 0 Å². The van der Waals surface area contributed by atoms with Gasteiger partial charge in [-0.25, -0.2) is 4.90 Å². The SMILES string of the molecule is CCC(C)C(=O)N1C(=O)CC1OC(=O)C1CCCC1. The highest BCUT2D eigenvalue weighted by atomic mass is 16.6. The summed E-state index contributed by atoms with van der Waals surface area (Å²) in [5.74, 6) is -0.984. The number of amides is 2. The van der Waals surface area contributed by atoms with Crippen molar-refractivity contribution in [3.63, 3.8) is 0 Å². The zero-order valence-corrected chi connectivity index (χ0v) is 11.6. The Hall–Kier alpha value is -1.39. The molecule has 1 saturated heterocycles. The zero-order valence-electron chi connectivity index (χ0n) is 11.6. The van der Waals surface area contributed by atoms with E-state index in [0.717, 1.165) is 30.6 Å². The second-order valence-electron chi connectivity index (χ2n) is 5.49. The van der Waals surface area contributed by atoms with Crippen molar-refractivity contribution in [1.29, 1.82) is 0 Å². The standard InChI is InChI=1S/C14H21NO4/c1-3-9(2)13(17)15-11(16)8-12(15)19-14(18)10-6-4-5-7-10/h9-10,12H,3-8H2,1-2H3. The maximum absolute atomic E-state index is 12.0. The zero-order chi connectivity index (χ0) is 14.0. The van der Waals surface area contributed by atoms with Gasteiger partial charge in [-0.05, 0) is 19.3 Å². The van der Waals surface area contributed by atoms with Crippen LogP contribution in [0.25, 0.3) is 0 Å². The van der Waals surface area contributed by atoms with Crippen LogP contribution in [0.5, 0.6) is 0 Å². The van der Waals surface area contributed by atoms with Crippen LogP contribution in [0.2, 0.25) is 0 Å². The molecule has 0 spiro atoms. The number of carbonyl (C=O) groups excluding carboxylic acids is 3. The van der Waals surface area contributed by atoms with Gasteiger partial charge in [0.25, 0.3) is 0 Å². The van der Waals surface area contributed by atoms with Crippen LogP contribution in [0, 0.1) is 11.8 Å². The van der Waals surface area contributed by atoms with Gasteiger partial charge in [-0.3, -0.25) is 14.4 Å². The summed E-state index contributed by atoms with van der Waals surface area (Å²) in [7, 11) is 0. The van der Waals surface area contributed by atoms with Crippen molar-refractivity contribution in [1.82, 2.24) is 4.90 Å². The van der Waals surface area contributed by atoms with Gasteiger partial charge in [0.15, 0.2) is 6.23 Å². The van der Waals surface area contributed by atoms with Crippen LogP contribution in [-0.2, 0) is 19.1 Å².